The molecule has 0 spiro atoms. The van der Waals surface area contributed by atoms with Gasteiger partial charge in [0.15, 0.2) is 5.75 Å². The first kappa shape index (κ1) is 18.3. The van der Waals surface area contributed by atoms with Crippen LogP contribution in [0.3, 0.4) is 0 Å². The minimum Gasteiger partial charge on any atom is -0.507 e. The van der Waals surface area contributed by atoms with Gasteiger partial charge in [-0.05, 0) is 42.5 Å². The largest absolute Gasteiger partial charge is 0.507 e. The summed E-state index contributed by atoms with van der Waals surface area (Å²) < 4.78 is 6.88. The summed E-state index contributed by atoms with van der Waals surface area (Å²) >= 11 is 6.08. The van der Waals surface area contributed by atoms with Crippen LogP contribution in [-0.2, 0) is 6.54 Å². The molecule has 30 heavy (non-hydrogen) atoms. The Bertz CT molecular complexity index is 1300. The summed E-state index contributed by atoms with van der Waals surface area (Å²) in [5.74, 6) is 1.01. The highest BCUT2D eigenvalue weighted by molar-refractivity contribution is 6.31. The number of methoxy groups -OCH3 is 1. The fourth-order valence-electron chi connectivity index (χ4n) is 3.46. The van der Waals surface area contributed by atoms with Crippen LogP contribution in [0, 0.1) is 0 Å². The number of aromatic nitrogens is 2. The van der Waals surface area contributed by atoms with E-state index in [1.807, 2.05) is 18.2 Å². The maximum atomic E-state index is 13.2. The van der Waals surface area contributed by atoms with E-state index in [9.17, 15) is 9.90 Å². The van der Waals surface area contributed by atoms with Gasteiger partial charge in [-0.1, -0.05) is 11.6 Å². The van der Waals surface area contributed by atoms with E-state index in [0.717, 1.165) is 5.56 Å². The number of hydroxylamine groups is 2. The third-order valence-corrected chi connectivity index (χ3v) is 5.25. The summed E-state index contributed by atoms with van der Waals surface area (Å²) in [6, 6.07) is 13.9. The standard InChI is InChI=1S/C22H16ClN3O4/c1-29-16-5-2-14-12-26(30-20(14)9-16)22(28)18-10-24-21-7-3-13(11-25(18)21)17-8-15(23)4-6-19(17)27/h2-11,27H,12H2,1H3. The van der Waals surface area contributed by atoms with E-state index in [2.05, 4.69) is 4.98 Å². The molecule has 1 amide bonds. The molecule has 0 saturated heterocycles. The molecule has 7 nitrogen and oxygen atoms in total. The highest BCUT2D eigenvalue weighted by Gasteiger charge is 2.29. The van der Waals surface area contributed by atoms with Crippen molar-refractivity contribution in [1.29, 1.82) is 0 Å². The number of benzene rings is 2. The smallest absolute Gasteiger partial charge is 0.305 e. The molecule has 5 rings (SSSR count). The molecule has 8 heteroatoms. The molecule has 2 aromatic carbocycles. The van der Waals surface area contributed by atoms with E-state index >= 15 is 0 Å². The van der Waals surface area contributed by atoms with Crippen LogP contribution >= 0.6 is 11.6 Å². The summed E-state index contributed by atoms with van der Waals surface area (Å²) in [4.78, 5) is 23.2. The van der Waals surface area contributed by atoms with Crippen LogP contribution in [0.5, 0.6) is 17.2 Å². The normalized spacial score (nSPS) is 12.7. The molecule has 4 aromatic rings. The highest BCUT2D eigenvalue weighted by atomic mass is 35.5. The van der Waals surface area contributed by atoms with Crippen LogP contribution in [0.15, 0.2) is 60.9 Å². The van der Waals surface area contributed by atoms with Crippen LogP contribution < -0.4 is 9.57 Å². The second-order valence-electron chi connectivity index (χ2n) is 6.86. The van der Waals surface area contributed by atoms with Gasteiger partial charge in [0.25, 0.3) is 0 Å². The number of imidazole rings is 1. The van der Waals surface area contributed by atoms with Crippen LogP contribution in [0.25, 0.3) is 16.8 Å². The Morgan fingerprint density at radius 1 is 1.20 bits per heavy atom. The van der Waals surface area contributed by atoms with Crippen LogP contribution in [0.1, 0.15) is 16.1 Å². The molecular weight excluding hydrogens is 406 g/mol. The molecule has 0 unspecified atom stereocenters. The third-order valence-electron chi connectivity index (χ3n) is 5.02. The van der Waals surface area contributed by atoms with Gasteiger partial charge in [-0.2, -0.15) is 5.06 Å². The number of fused-ring (bicyclic) bond motifs is 2. The van der Waals surface area contributed by atoms with Gasteiger partial charge < -0.3 is 14.7 Å². The lowest BCUT2D eigenvalue weighted by Crippen LogP contribution is -2.30. The minimum absolute atomic E-state index is 0.0963. The van der Waals surface area contributed by atoms with E-state index in [1.54, 1.807) is 42.0 Å². The number of amides is 1. The number of carbonyl (C=O) groups is 1. The van der Waals surface area contributed by atoms with Gasteiger partial charge in [-0.3, -0.25) is 9.20 Å². The van der Waals surface area contributed by atoms with E-state index in [-0.39, 0.29) is 11.7 Å². The summed E-state index contributed by atoms with van der Waals surface area (Å²) in [5.41, 5.74) is 3.09. The predicted octanol–water partition coefficient (Wildman–Crippen LogP) is 4.32. The number of nitrogens with zero attached hydrogens (tertiary/aromatic N) is 3. The van der Waals surface area contributed by atoms with Crippen molar-refractivity contribution < 1.29 is 19.5 Å². The topological polar surface area (TPSA) is 76.3 Å². The van der Waals surface area contributed by atoms with Crippen molar-refractivity contribution >= 4 is 23.2 Å². The average molecular weight is 422 g/mol. The van der Waals surface area contributed by atoms with Gasteiger partial charge in [0, 0.05) is 34.0 Å². The number of phenols is 1. The summed E-state index contributed by atoms with van der Waals surface area (Å²) in [6.45, 7) is 0.320. The van der Waals surface area contributed by atoms with Crippen molar-refractivity contribution in [3.05, 3.63) is 77.2 Å². The molecule has 1 N–H and O–H groups in total. The Morgan fingerprint density at radius 2 is 2.07 bits per heavy atom. The number of halogens is 1. The second kappa shape index (κ2) is 6.96. The maximum Gasteiger partial charge on any atom is 0.305 e. The highest BCUT2D eigenvalue weighted by Crippen LogP contribution is 2.34. The first-order valence-electron chi connectivity index (χ1n) is 9.16. The van der Waals surface area contributed by atoms with Crippen molar-refractivity contribution in [2.75, 3.05) is 7.11 Å². The Kier molecular flexibility index (Phi) is 4.25. The average Bonchev–Trinajstić information content (AvgIpc) is 3.38. The summed E-state index contributed by atoms with van der Waals surface area (Å²) in [5, 5.41) is 12.0. The molecule has 0 bridgehead atoms. The zero-order valence-corrected chi connectivity index (χ0v) is 16.6. The number of ether oxygens (including phenoxy) is 1. The van der Waals surface area contributed by atoms with Gasteiger partial charge in [0.05, 0.1) is 19.9 Å². The summed E-state index contributed by atoms with van der Waals surface area (Å²) in [6.07, 6.45) is 3.25. The third kappa shape index (κ3) is 3.00. The molecule has 2 aromatic heterocycles. The fourth-order valence-corrected chi connectivity index (χ4v) is 3.63. The Morgan fingerprint density at radius 3 is 2.90 bits per heavy atom. The van der Waals surface area contributed by atoms with Gasteiger partial charge in [-0.25, -0.2) is 4.98 Å². The zero-order chi connectivity index (χ0) is 20.8. The maximum absolute atomic E-state index is 13.2. The van der Waals surface area contributed by atoms with Crippen molar-refractivity contribution in [3.8, 4) is 28.4 Å². The lowest BCUT2D eigenvalue weighted by atomic mass is 10.1. The van der Waals surface area contributed by atoms with Gasteiger partial charge >= 0.3 is 5.91 Å². The van der Waals surface area contributed by atoms with Crippen LogP contribution in [0.2, 0.25) is 5.02 Å². The van der Waals surface area contributed by atoms with E-state index in [4.69, 9.17) is 21.2 Å². The van der Waals surface area contributed by atoms with E-state index in [0.29, 0.717) is 45.5 Å². The first-order chi connectivity index (χ1) is 14.5. The van der Waals surface area contributed by atoms with Gasteiger partial charge in [0.1, 0.15) is 22.8 Å². The number of aromatic hydroxyl groups is 1. The SMILES string of the molecule is COc1ccc2c(c1)ON(C(=O)c1cnc3ccc(-c4cc(Cl)ccc4O)cn13)C2. The quantitative estimate of drug-likeness (QED) is 0.533. The molecule has 0 fully saturated rings. The number of hydrogen-bond donors (Lipinski definition) is 1. The predicted molar refractivity (Wildman–Crippen MR) is 111 cm³/mol. The Hall–Kier alpha value is -3.71. The zero-order valence-electron chi connectivity index (χ0n) is 15.9. The van der Waals surface area contributed by atoms with E-state index in [1.165, 1.54) is 17.3 Å². The number of rotatable bonds is 3. The molecule has 0 atom stereocenters. The van der Waals surface area contributed by atoms with Crippen molar-refractivity contribution in [1.82, 2.24) is 14.4 Å². The van der Waals surface area contributed by atoms with Crippen LogP contribution in [-0.4, -0.2) is 32.6 Å². The van der Waals surface area contributed by atoms with Gasteiger partial charge in [-0.15, -0.1) is 0 Å². The fraction of sp³-hybridized carbons (Fsp3) is 0.0909. The lowest BCUT2D eigenvalue weighted by Gasteiger charge is -2.14. The molecule has 0 saturated carbocycles. The second-order valence-corrected chi connectivity index (χ2v) is 7.29. The number of phenolic OH excluding ortho intramolecular Hbond substituents is 1. The summed E-state index contributed by atoms with van der Waals surface area (Å²) in [7, 11) is 1.58. The number of carbonyl (C=O) groups excluding carboxylic acids is 1. The number of pyridine rings is 1. The minimum atomic E-state index is -0.329. The molecule has 1 aliphatic heterocycles. The monoisotopic (exact) mass is 421 g/mol. The lowest BCUT2D eigenvalue weighted by molar-refractivity contribution is -0.0215. The van der Waals surface area contributed by atoms with Crippen molar-refractivity contribution in [2.24, 2.45) is 0 Å². The van der Waals surface area contributed by atoms with Gasteiger partial charge in [0.2, 0.25) is 0 Å². The molecule has 0 aliphatic carbocycles. The van der Waals surface area contributed by atoms with Crippen LogP contribution in [0.4, 0.5) is 0 Å². The van der Waals surface area contributed by atoms with E-state index < -0.39 is 0 Å². The Labute approximate surface area is 176 Å². The Balaban J connectivity index is 1.50. The number of hydrogen-bond acceptors (Lipinski definition) is 5. The van der Waals surface area contributed by atoms with Crippen molar-refractivity contribution in [3.63, 3.8) is 0 Å². The first-order valence-corrected chi connectivity index (χ1v) is 9.54. The molecular formula is C22H16ClN3O4. The molecule has 150 valence electrons. The molecule has 3 heterocycles. The molecule has 1 aliphatic rings. The van der Waals surface area contributed by atoms with Crippen molar-refractivity contribution in [2.45, 2.75) is 6.54 Å². The molecule has 0 radical (unpaired) electrons.